The molecule has 1 unspecified atom stereocenters. The highest BCUT2D eigenvalue weighted by Gasteiger charge is 2.12. The molecular weight excluding hydrogens is 295 g/mol. The molecule has 120 valence electrons. The van der Waals surface area contributed by atoms with Gasteiger partial charge < -0.3 is 9.84 Å². The number of halogens is 1. The van der Waals surface area contributed by atoms with Gasteiger partial charge in [0.25, 0.3) is 0 Å². The van der Waals surface area contributed by atoms with Gasteiger partial charge in [0.2, 0.25) is 0 Å². The van der Waals surface area contributed by atoms with Gasteiger partial charge in [-0.15, -0.1) is 0 Å². The number of aliphatic hydroxyl groups is 1. The van der Waals surface area contributed by atoms with Crippen molar-refractivity contribution in [3.05, 3.63) is 65.0 Å². The van der Waals surface area contributed by atoms with Crippen molar-refractivity contribution in [3.63, 3.8) is 0 Å². The van der Waals surface area contributed by atoms with Crippen LogP contribution in [0.2, 0.25) is 0 Å². The number of methoxy groups -OCH3 is 1. The Labute approximate surface area is 135 Å². The van der Waals surface area contributed by atoms with Crippen molar-refractivity contribution in [3.8, 4) is 11.8 Å². The van der Waals surface area contributed by atoms with Gasteiger partial charge in [-0.05, 0) is 42.4 Å². The Hall–Kier alpha value is -2.42. The SMILES string of the molecule is COc1ccc(CN(C)CC(O)c2ccc(C#N)cc2)cc1F. The molecule has 0 aliphatic heterocycles. The second-order valence-electron chi connectivity index (χ2n) is 5.42. The number of hydrogen-bond acceptors (Lipinski definition) is 4. The molecule has 0 radical (unpaired) electrons. The van der Waals surface area contributed by atoms with Crippen LogP contribution in [0.4, 0.5) is 4.39 Å². The molecule has 0 fully saturated rings. The lowest BCUT2D eigenvalue weighted by molar-refractivity contribution is 0.124. The molecule has 0 amide bonds. The van der Waals surface area contributed by atoms with E-state index in [-0.39, 0.29) is 5.75 Å². The maximum absolute atomic E-state index is 13.7. The number of ether oxygens (including phenoxy) is 1. The fourth-order valence-electron chi connectivity index (χ4n) is 2.36. The van der Waals surface area contributed by atoms with Crippen molar-refractivity contribution < 1.29 is 14.2 Å². The van der Waals surface area contributed by atoms with E-state index < -0.39 is 11.9 Å². The molecule has 5 heteroatoms. The number of hydrogen-bond donors (Lipinski definition) is 1. The van der Waals surface area contributed by atoms with Crippen LogP contribution >= 0.6 is 0 Å². The fraction of sp³-hybridized carbons (Fsp3) is 0.278. The molecule has 0 aromatic heterocycles. The zero-order valence-corrected chi connectivity index (χ0v) is 13.2. The first-order valence-electron chi connectivity index (χ1n) is 7.22. The lowest BCUT2D eigenvalue weighted by Crippen LogP contribution is -2.24. The van der Waals surface area contributed by atoms with Crippen molar-refractivity contribution in [1.82, 2.24) is 4.90 Å². The zero-order chi connectivity index (χ0) is 16.8. The van der Waals surface area contributed by atoms with Crippen LogP contribution in [-0.2, 0) is 6.54 Å². The lowest BCUT2D eigenvalue weighted by atomic mass is 10.1. The molecule has 0 bridgehead atoms. The molecule has 2 aromatic rings. The van der Waals surface area contributed by atoms with Crippen molar-refractivity contribution in [2.24, 2.45) is 0 Å². The molecule has 1 atom stereocenters. The Kier molecular flexibility index (Phi) is 5.69. The Morgan fingerprint density at radius 2 is 1.96 bits per heavy atom. The Morgan fingerprint density at radius 1 is 1.26 bits per heavy atom. The third-order valence-electron chi connectivity index (χ3n) is 3.58. The molecule has 2 rings (SSSR count). The third kappa shape index (κ3) is 4.52. The summed E-state index contributed by atoms with van der Waals surface area (Å²) in [6.45, 7) is 0.911. The van der Waals surface area contributed by atoms with Crippen molar-refractivity contribution in [2.75, 3.05) is 20.7 Å². The van der Waals surface area contributed by atoms with E-state index in [9.17, 15) is 9.50 Å². The van der Waals surface area contributed by atoms with E-state index >= 15 is 0 Å². The summed E-state index contributed by atoms with van der Waals surface area (Å²) in [5.41, 5.74) is 2.11. The molecule has 0 heterocycles. The molecule has 0 saturated carbocycles. The Bertz CT molecular complexity index is 695. The minimum absolute atomic E-state index is 0.217. The number of aliphatic hydroxyl groups excluding tert-OH is 1. The van der Waals surface area contributed by atoms with E-state index in [1.54, 1.807) is 36.4 Å². The Morgan fingerprint density at radius 3 is 2.52 bits per heavy atom. The maximum Gasteiger partial charge on any atom is 0.165 e. The van der Waals surface area contributed by atoms with Gasteiger partial charge in [0, 0.05) is 13.1 Å². The summed E-state index contributed by atoms with van der Waals surface area (Å²) in [6, 6.07) is 13.7. The first-order chi connectivity index (χ1) is 11.0. The molecule has 0 saturated heterocycles. The van der Waals surface area contributed by atoms with Gasteiger partial charge >= 0.3 is 0 Å². The summed E-state index contributed by atoms with van der Waals surface area (Å²) < 4.78 is 18.6. The van der Waals surface area contributed by atoms with Crippen LogP contribution < -0.4 is 4.74 Å². The smallest absolute Gasteiger partial charge is 0.165 e. The second-order valence-corrected chi connectivity index (χ2v) is 5.42. The quantitative estimate of drug-likeness (QED) is 0.891. The molecule has 23 heavy (non-hydrogen) atoms. The monoisotopic (exact) mass is 314 g/mol. The van der Waals surface area contributed by atoms with E-state index in [0.717, 1.165) is 11.1 Å². The standard InChI is InChI=1S/C18H19FN2O2/c1-21(11-14-5-8-18(23-2)16(19)9-14)12-17(22)15-6-3-13(10-20)4-7-15/h3-9,17,22H,11-12H2,1-2H3. The average Bonchev–Trinajstić information content (AvgIpc) is 2.55. The molecule has 0 spiro atoms. The van der Waals surface area contributed by atoms with E-state index in [1.165, 1.54) is 13.2 Å². The predicted octanol–water partition coefficient (Wildman–Crippen LogP) is 2.87. The largest absolute Gasteiger partial charge is 0.494 e. The summed E-state index contributed by atoms with van der Waals surface area (Å²) in [7, 11) is 3.28. The number of likely N-dealkylation sites (N-methyl/N-ethyl adjacent to an activating group) is 1. The normalized spacial score (nSPS) is 12.0. The number of rotatable bonds is 6. The van der Waals surface area contributed by atoms with Gasteiger partial charge in [0.1, 0.15) is 0 Å². The van der Waals surface area contributed by atoms with Gasteiger partial charge in [-0.25, -0.2) is 4.39 Å². The minimum atomic E-state index is -0.671. The van der Waals surface area contributed by atoms with Crippen molar-refractivity contribution in [1.29, 1.82) is 5.26 Å². The summed E-state index contributed by atoms with van der Waals surface area (Å²) in [6.07, 6.45) is -0.671. The minimum Gasteiger partial charge on any atom is -0.494 e. The lowest BCUT2D eigenvalue weighted by Gasteiger charge is -2.21. The highest BCUT2D eigenvalue weighted by Crippen LogP contribution is 2.20. The predicted molar refractivity (Wildman–Crippen MR) is 85.4 cm³/mol. The maximum atomic E-state index is 13.7. The van der Waals surface area contributed by atoms with Gasteiger partial charge in [-0.2, -0.15) is 5.26 Å². The molecule has 0 aliphatic rings. The molecule has 2 aromatic carbocycles. The molecule has 4 nitrogen and oxygen atoms in total. The first-order valence-corrected chi connectivity index (χ1v) is 7.22. The van der Waals surface area contributed by atoms with Crippen LogP contribution in [0.5, 0.6) is 5.75 Å². The molecular formula is C18H19FN2O2. The fourth-order valence-corrected chi connectivity index (χ4v) is 2.36. The van der Waals surface area contributed by atoms with Crippen molar-refractivity contribution in [2.45, 2.75) is 12.6 Å². The first kappa shape index (κ1) is 16.9. The molecule has 1 N–H and O–H groups in total. The highest BCUT2D eigenvalue weighted by atomic mass is 19.1. The summed E-state index contributed by atoms with van der Waals surface area (Å²) >= 11 is 0. The van der Waals surface area contributed by atoms with E-state index in [2.05, 4.69) is 0 Å². The summed E-state index contributed by atoms with van der Waals surface area (Å²) in [5, 5.41) is 19.0. The summed E-state index contributed by atoms with van der Waals surface area (Å²) in [5.74, 6) is -0.180. The van der Waals surface area contributed by atoms with Crippen LogP contribution in [-0.4, -0.2) is 30.7 Å². The van der Waals surface area contributed by atoms with Gasteiger partial charge in [-0.3, -0.25) is 4.90 Å². The number of nitrogens with zero attached hydrogens (tertiary/aromatic N) is 2. The van der Waals surface area contributed by atoms with Gasteiger partial charge in [0.15, 0.2) is 11.6 Å². The number of nitriles is 1. The van der Waals surface area contributed by atoms with E-state index in [1.807, 2.05) is 18.0 Å². The van der Waals surface area contributed by atoms with Gasteiger partial charge in [0.05, 0.1) is 24.8 Å². The zero-order valence-electron chi connectivity index (χ0n) is 13.2. The van der Waals surface area contributed by atoms with Crippen LogP contribution in [0.15, 0.2) is 42.5 Å². The van der Waals surface area contributed by atoms with E-state index in [4.69, 9.17) is 10.00 Å². The number of benzene rings is 2. The topological polar surface area (TPSA) is 56.5 Å². The summed E-state index contributed by atoms with van der Waals surface area (Å²) in [4.78, 5) is 1.91. The average molecular weight is 314 g/mol. The second kappa shape index (κ2) is 7.73. The molecule has 0 aliphatic carbocycles. The Balaban J connectivity index is 1.96. The van der Waals surface area contributed by atoms with Gasteiger partial charge in [-0.1, -0.05) is 18.2 Å². The van der Waals surface area contributed by atoms with Crippen LogP contribution in [0.3, 0.4) is 0 Å². The van der Waals surface area contributed by atoms with Crippen molar-refractivity contribution >= 4 is 0 Å². The van der Waals surface area contributed by atoms with E-state index in [0.29, 0.717) is 18.7 Å². The third-order valence-corrected chi connectivity index (χ3v) is 3.58. The van der Waals surface area contributed by atoms with Crippen LogP contribution in [0.1, 0.15) is 22.8 Å². The van der Waals surface area contributed by atoms with Crippen LogP contribution in [0, 0.1) is 17.1 Å². The highest BCUT2D eigenvalue weighted by molar-refractivity contribution is 5.32. The van der Waals surface area contributed by atoms with Crippen LogP contribution in [0.25, 0.3) is 0 Å².